The first-order chi connectivity index (χ1) is 5.31. The third-order valence-electron chi connectivity index (χ3n) is 0.962. The number of hydrogen-bond donors (Lipinski definition) is 0. The molecule has 0 saturated carbocycles. The highest BCUT2D eigenvalue weighted by molar-refractivity contribution is 5.59. The van der Waals surface area contributed by atoms with Crippen LogP contribution < -0.4 is 0 Å². The third kappa shape index (κ3) is 6.90. The van der Waals surface area contributed by atoms with Crippen molar-refractivity contribution in [2.75, 3.05) is 13.2 Å². The number of carbonyl (C=O) groups excluding carboxylic acids is 1. The zero-order chi connectivity index (χ0) is 8.53. The fourth-order valence-electron chi connectivity index (χ4n) is 0.510. The van der Waals surface area contributed by atoms with Gasteiger partial charge in [-0.05, 0) is 13.3 Å². The van der Waals surface area contributed by atoms with Crippen LogP contribution in [0.4, 0.5) is 4.79 Å². The Hall–Kier alpha value is -0.990. The molecular formula is C8H14O3. The van der Waals surface area contributed by atoms with Gasteiger partial charge in [0.25, 0.3) is 0 Å². The van der Waals surface area contributed by atoms with Crippen molar-refractivity contribution in [2.24, 2.45) is 0 Å². The molecule has 0 aliphatic rings. The molecule has 0 aromatic carbocycles. The Morgan fingerprint density at radius 3 is 2.55 bits per heavy atom. The maximum atomic E-state index is 10.5. The van der Waals surface area contributed by atoms with Crippen LogP contribution in [-0.2, 0) is 9.47 Å². The van der Waals surface area contributed by atoms with Gasteiger partial charge in [0.15, 0.2) is 0 Å². The van der Waals surface area contributed by atoms with Crippen molar-refractivity contribution in [3.63, 3.8) is 0 Å². The fourth-order valence-corrected chi connectivity index (χ4v) is 0.510. The molecule has 0 heterocycles. The fraction of sp³-hybridized carbons (Fsp3) is 0.625. The largest absolute Gasteiger partial charge is 0.508 e. The minimum absolute atomic E-state index is 0.298. The highest BCUT2D eigenvalue weighted by Gasteiger charge is 1.97. The number of hydrogen-bond acceptors (Lipinski definition) is 3. The number of carbonyl (C=O) groups is 1. The van der Waals surface area contributed by atoms with E-state index >= 15 is 0 Å². The minimum atomic E-state index is -0.603. The van der Waals surface area contributed by atoms with Crippen LogP contribution in [0.2, 0.25) is 0 Å². The van der Waals surface area contributed by atoms with Gasteiger partial charge in [-0.15, -0.1) is 0 Å². The van der Waals surface area contributed by atoms with E-state index in [0.29, 0.717) is 13.2 Å². The molecule has 0 spiro atoms. The van der Waals surface area contributed by atoms with Gasteiger partial charge in [0.1, 0.15) is 6.61 Å². The van der Waals surface area contributed by atoms with Gasteiger partial charge in [0, 0.05) is 0 Å². The molecule has 3 nitrogen and oxygen atoms in total. The Morgan fingerprint density at radius 2 is 2.00 bits per heavy atom. The first-order valence-corrected chi connectivity index (χ1v) is 3.75. The Morgan fingerprint density at radius 1 is 1.27 bits per heavy atom. The average Bonchev–Trinajstić information content (AvgIpc) is 1.99. The molecule has 11 heavy (non-hydrogen) atoms. The molecule has 0 amide bonds. The summed E-state index contributed by atoms with van der Waals surface area (Å²) in [4.78, 5) is 10.5. The molecule has 0 fully saturated rings. The molecule has 0 saturated heterocycles. The summed E-state index contributed by atoms with van der Waals surface area (Å²) in [6, 6.07) is 0. The molecule has 0 aliphatic heterocycles. The van der Waals surface area contributed by atoms with E-state index in [9.17, 15) is 4.79 Å². The summed E-state index contributed by atoms with van der Waals surface area (Å²) in [5.41, 5.74) is 0. The van der Waals surface area contributed by atoms with Crippen LogP contribution >= 0.6 is 0 Å². The maximum absolute atomic E-state index is 10.5. The van der Waals surface area contributed by atoms with Crippen molar-refractivity contribution >= 4 is 6.16 Å². The summed E-state index contributed by atoms with van der Waals surface area (Å²) >= 11 is 0. The lowest BCUT2D eigenvalue weighted by molar-refractivity contribution is 0.0673. The normalized spacial score (nSPS) is 10.0. The standard InChI is InChI=1S/C8H14O3/c1-3-5-6-7-11-8(9)10-4-2/h5-6H,3-4,7H2,1-2H3/b6-5-. The lowest BCUT2D eigenvalue weighted by Gasteiger charge is -1.99. The van der Waals surface area contributed by atoms with Crippen molar-refractivity contribution in [1.29, 1.82) is 0 Å². The SMILES string of the molecule is CC/C=C\COC(=O)OCC. The van der Waals surface area contributed by atoms with Gasteiger partial charge in [0.2, 0.25) is 0 Å². The van der Waals surface area contributed by atoms with Crippen LogP contribution in [-0.4, -0.2) is 19.4 Å². The molecular weight excluding hydrogens is 144 g/mol. The van der Waals surface area contributed by atoms with Gasteiger partial charge in [-0.25, -0.2) is 4.79 Å². The van der Waals surface area contributed by atoms with Gasteiger partial charge in [-0.1, -0.05) is 19.1 Å². The van der Waals surface area contributed by atoms with Gasteiger partial charge >= 0.3 is 6.16 Å². The summed E-state index contributed by atoms with van der Waals surface area (Å²) in [6.45, 7) is 4.41. The number of allylic oxidation sites excluding steroid dienone is 1. The summed E-state index contributed by atoms with van der Waals surface area (Å²) < 4.78 is 9.16. The molecule has 0 aliphatic carbocycles. The quantitative estimate of drug-likeness (QED) is 0.464. The van der Waals surface area contributed by atoms with Crippen molar-refractivity contribution in [3.05, 3.63) is 12.2 Å². The number of ether oxygens (including phenoxy) is 2. The molecule has 3 heteroatoms. The van der Waals surface area contributed by atoms with E-state index in [0.717, 1.165) is 6.42 Å². The zero-order valence-corrected chi connectivity index (χ0v) is 7.00. The van der Waals surface area contributed by atoms with Crippen LogP contribution in [0.25, 0.3) is 0 Å². The summed E-state index contributed by atoms with van der Waals surface area (Å²) in [7, 11) is 0. The minimum Gasteiger partial charge on any atom is -0.435 e. The Bertz CT molecular complexity index is 129. The molecule has 0 rings (SSSR count). The Labute approximate surface area is 67.0 Å². The van der Waals surface area contributed by atoms with Crippen LogP contribution in [0.5, 0.6) is 0 Å². The van der Waals surface area contributed by atoms with E-state index in [1.807, 2.05) is 13.0 Å². The van der Waals surface area contributed by atoms with Crippen molar-refractivity contribution in [2.45, 2.75) is 20.3 Å². The average molecular weight is 158 g/mol. The summed E-state index contributed by atoms with van der Waals surface area (Å²) in [5.74, 6) is 0. The molecule has 0 radical (unpaired) electrons. The van der Waals surface area contributed by atoms with E-state index in [1.165, 1.54) is 0 Å². The van der Waals surface area contributed by atoms with Crippen molar-refractivity contribution in [3.8, 4) is 0 Å². The number of rotatable bonds is 4. The zero-order valence-electron chi connectivity index (χ0n) is 7.00. The highest BCUT2D eigenvalue weighted by atomic mass is 16.7. The summed E-state index contributed by atoms with van der Waals surface area (Å²) in [5, 5.41) is 0. The van der Waals surface area contributed by atoms with Gasteiger partial charge < -0.3 is 9.47 Å². The van der Waals surface area contributed by atoms with Crippen LogP contribution in [0.1, 0.15) is 20.3 Å². The second kappa shape index (κ2) is 7.12. The smallest absolute Gasteiger partial charge is 0.435 e. The van der Waals surface area contributed by atoms with Crippen LogP contribution in [0.3, 0.4) is 0 Å². The molecule has 0 atom stereocenters. The maximum Gasteiger partial charge on any atom is 0.508 e. The van der Waals surface area contributed by atoms with Crippen LogP contribution in [0.15, 0.2) is 12.2 Å². The van der Waals surface area contributed by atoms with Crippen LogP contribution in [0, 0.1) is 0 Å². The van der Waals surface area contributed by atoms with E-state index in [4.69, 9.17) is 0 Å². The predicted octanol–water partition coefficient (Wildman–Crippen LogP) is 2.13. The van der Waals surface area contributed by atoms with Crippen molar-refractivity contribution < 1.29 is 14.3 Å². The molecule has 0 aromatic rings. The Balaban J connectivity index is 3.24. The Kier molecular flexibility index (Phi) is 6.48. The monoisotopic (exact) mass is 158 g/mol. The van der Waals surface area contributed by atoms with Gasteiger partial charge in [-0.3, -0.25) is 0 Å². The molecule has 0 unspecified atom stereocenters. The second-order valence-corrected chi connectivity index (χ2v) is 1.87. The predicted molar refractivity (Wildman–Crippen MR) is 42.4 cm³/mol. The van der Waals surface area contributed by atoms with E-state index in [2.05, 4.69) is 9.47 Å². The second-order valence-electron chi connectivity index (χ2n) is 1.87. The topological polar surface area (TPSA) is 35.5 Å². The van der Waals surface area contributed by atoms with E-state index in [1.54, 1.807) is 13.0 Å². The molecule has 64 valence electrons. The lowest BCUT2D eigenvalue weighted by Crippen LogP contribution is -2.06. The first kappa shape index (κ1) is 10.0. The third-order valence-corrected chi connectivity index (χ3v) is 0.962. The first-order valence-electron chi connectivity index (χ1n) is 3.75. The van der Waals surface area contributed by atoms with Gasteiger partial charge in [-0.2, -0.15) is 0 Å². The van der Waals surface area contributed by atoms with E-state index < -0.39 is 6.16 Å². The van der Waals surface area contributed by atoms with Gasteiger partial charge in [0.05, 0.1) is 6.61 Å². The lowest BCUT2D eigenvalue weighted by atomic mass is 10.4. The molecule has 0 N–H and O–H groups in total. The van der Waals surface area contributed by atoms with Crippen molar-refractivity contribution in [1.82, 2.24) is 0 Å². The summed E-state index contributed by atoms with van der Waals surface area (Å²) in [6.07, 6.45) is 4.07. The molecule has 0 aromatic heterocycles. The molecule has 0 bridgehead atoms. The highest BCUT2D eigenvalue weighted by Crippen LogP contribution is 1.86. The van der Waals surface area contributed by atoms with E-state index in [-0.39, 0.29) is 0 Å².